The predicted octanol–water partition coefficient (Wildman–Crippen LogP) is 2.01. The Balaban J connectivity index is 2.67. The highest BCUT2D eigenvalue weighted by Crippen LogP contribution is 2.28. The summed E-state index contributed by atoms with van der Waals surface area (Å²) in [6, 6.07) is 5.68. The van der Waals surface area contributed by atoms with Gasteiger partial charge in [-0.1, -0.05) is 19.9 Å². The maximum absolute atomic E-state index is 11.7. The summed E-state index contributed by atoms with van der Waals surface area (Å²) < 4.78 is 34.2. The van der Waals surface area contributed by atoms with E-state index in [9.17, 15) is 8.42 Å². The van der Waals surface area contributed by atoms with E-state index in [1.54, 1.807) is 7.11 Å². The van der Waals surface area contributed by atoms with Crippen molar-refractivity contribution in [3.05, 3.63) is 23.8 Å². The Morgan fingerprint density at radius 1 is 1.14 bits per heavy atom. The Labute approximate surface area is 127 Å². The smallest absolute Gasteiger partial charge is 0.161 e. The largest absolute Gasteiger partial charge is 0.493 e. The Hall–Kier alpha value is -1.27. The van der Waals surface area contributed by atoms with E-state index < -0.39 is 9.84 Å². The van der Waals surface area contributed by atoms with E-state index in [2.05, 4.69) is 5.32 Å². The van der Waals surface area contributed by atoms with Crippen molar-refractivity contribution in [1.82, 2.24) is 5.32 Å². The monoisotopic (exact) mass is 315 g/mol. The Morgan fingerprint density at radius 3 is 2.52 bits per heavy atom. The van der Waals surface area contributed by atoms with Crippen molar-refractivity contribution in [3.8, 4) is 11.5 Å². The lowest BCUT2D eigenvalue weighted by molar-refractivity contribution is 0.311. The number of rotatable bonds is 10. The van der Waals surface area contributed by atoms with Crippen molar-refractivity contribution in [1.29, 1.82) is 0 Å². The van der Waals surface area contributed by atoms with Crippen LogP contribution in [0.15, 0.2) is 18.2 Å². The van der Waals surface area contributed by atoms with Crippen LogP contribution >= 0.6 is 0 Å². The average Bonchev–Trinajstić information content (AvgIpc) is 2.45. The van der Waals surface area contributed by atoms with E-state index in [0.717, 1.165) is 18.7 Å². The molecule has 0 unspecified atom stereocenters. The minimum Gasteiger partial charge on any atom is -0.493 e. The third-order valence-corrected chi connectivity index (χ3v) is 4.79. The molecular formula is C15H25NO4S. The molecule has 0 aliphatic carbocycles. The minimum absolute atomic E-state index is 0.0292. The molecule has 120 valence electrons. The van der Waals surface area contributed by atoms with Crippen LogP contribution in [0.2, 0.25) is 0 Å². The molecule has 6 heteroatoms. The zero-order valence-corrected chi connectivity index (χ0v) is 13.8. The molecule has 0 aromatic heterocycles. The Bertz CT molecular complexity index is 528. The van der Waals surface area contributed by atoms with Gasteiger partial charge in [0.25, 0.3) is 0 Å². The van der Waals surface area contributed by atoms with E-state index >= 15 is 0 Å². The van der Waals surface area contributed by atoms with Crippen LogP contribution in [0.4, 0.5) is 0 Å². The Kier molecular flexibility index (Phi) is 7.53. The maximum atomic E-state index is 11.7. The molecule has 1 aromatic rings. The second kappa shape index (κ2) is 8.89. The van der Waals surface area contributed by atoms with E-state index in [1.807, 2.05) is 32.0 Å². The molecule has 0 spiro atoms. The molecule has 0 fully saturated rings. The van der Waals surface area contributed by atoms with Gasteiger partial charge < -0.3 is 14.8 Å². The zero-order valence-electron chi connectivity index (χ0n) is 13.0. The van der Waals surface area contributed by atoms with Crippen LogP contribution < -0.4 is 14.8 Å². The third kappa shape index (κ3) is 6.35. The van der Waals surface area contributed by atoms with Crippen molar-refractivity contribution in [2.75, 3.05) is 31.8 Å². The molecule has 0 saturated heterocycles. The zero-order chi connectivity index (χ0) is 15.7. The number of hydrogen-bond acceptors (Lipinski definition) is 5. The molecule has 0 heterocycles. The summed E-state index contributed by atoms with van der Waals surface area (Å²) in [4.78, 5) is 0. The lowest BCUT2D eigenvalue weighted by Crippen LogP contribution is -2.17. The highest BCUT2D eigenvalue weighted by atomic mass is 32.2. The van der Waals surface area contributed by atoms with Crippen LogP contribution in [0.5, 0.6) is 11.5 Å². The molecule has 0 amide bonds. The molecule has 21 heavy (non-hydrogen) atoms. The first-order valence-corrected chi connectivity index (χ1v) is 9.05. The molecule has 0 atom stereocenters. The van der Waals surface area contributed by atoms with Crippen LogP contribution in [0.25, 0.3) is 0 Å². The van der Waals surface area contributed by atoms with E-state index in [4.69, 9.17) is 9.47 Å². The molecule has 0 saturated carbocycles. The van der Waals surface area contributed by atoms with Crippen LogP contribution in [0.3, 0.4) is 0 Å². The minimum atomic E-state index is -3.02. The Morgan fingerprint density at radius 2 is 1.90 bits per heavy atom. The maximum Gasteiger partial charge on any atom is 0.161 e. The molecule has 1 aromatic carbocycles. The topological polar surface area (TPSA) is 64.6 Å². The van der Waals surface area contributed by atoms with Crippen molar-refractivity contribution in [2.24, 2.45) is 0 Å². The van der Waals surface area contributed by atoms with Gasteiger partial charge in [-0.25, -0.2) is 8.42 Å². The second-order valence-electron chi connectivity index (χ2n) is 4.77. The van der Waals surface area contributed by atoms with Gasteiger partial charge in [-0.05, 0) is 30.7 Å². The summed E-state index contributed by atoms with van der Waals surface area (Å²) in [6.45, 7) is 5.66. The first kappa shape index (κ1) is 17.8. The van der Waals surface area contributed by atoms with Gasteiger partial charge in [0.05, 0.1) is 18.6 Å². The number of benzene rings is 1. The van der Waals surface area contributed by atoms with Gasteiger partial charge in [0, 0.05) is 6.54 Å². The normalized spacial score (nSPS) is 11.4. The SMILES string of the molecule is CCCS(=O)(=O)CCOc1cc(CNCC)ccc1OC. The summed E-state index contributed by atoms with van der Waals surface area (Å²) in [6.07, 6.45) is 0.629. The summed E-state index contributed by atoms with van der Waals surface area (Å²) in [5, 5.41) is 3.23. The van der Waals surface area contributed by atoms with Gasteiger partial charge in [-0.3, -0.25) is 0 Å². The number of sulfone groups is 1. The fourth-order valence-electron chi connectivity index (χ4n) is 1.90. The van der Waals surface area contributed by atoms with Crippen LogP contribution in [0, 0.1) is 0 Å². The number of hydrogen-bond donors (Lipinski definition) is 1. The van der Waals surface area contributed by atoms with Gasteiger partial charge in [0.15, 0.2) is 21.3 Å². The molecule has 1 rings (SSSR count). The summed E-state index contributed by atoms with van der Waals surface area (Å²) >= 11 is 0. The van der Waals surface area contributed by atoms with Gasteiger partial charge in [-0.2, -0.15) is 0 Å². The van der Waals surface area contributed by atoms with Crippen molar-refractivity contribution < 1.29 is 17.9 Å². The molecule has 0 bridgehead atoms. The van der Waals surface area contributed by atoms with Crippen LogP contribution in [0.1, 0.15) is 25.8 Å². The van der Waals surface area contributed by atoms with Crippen molar-refractivity contribution in [3.63, 3.8) is 0 Å². The molecule has 5 nitrogen and oxygen atoms in total. The summed E-state index contributed by atoms with van der Waals surface area (Å²) in [7, 11) is -1.45. The quantitative estimate of drug-likeness (QED) is 0.715. The van der Waals surface area contributed by atoms with Gasteiger partial charge in [0.1, 0.15) is 6.61 Å². The lowest BCUT2D eigenvalue weighted by Gasteiger charge is -2.12. The third-order valence-electron chi connectivity index (χ3n) is 2.97. The van der Waals surface area contributed by atoms with E-state index in [-0.39, 0.29) is 18.1 Å². The molecular weight excluding hydrogens is 290 g/mol. The van der Waals surface area contributed by atoms with E-state index in [1.165, 1.54) is 0 Å². The number of nitrogens with one attached hydrogen (secondary N) is 1. The molecule has 0 aliphatic rings. The molecule has 1 N–H and O–H groups in total. The fraction of sp³-hybridized carbons (Fsp3) is 0.600. The first-order chi connectivity index (χ1) is 10.0. The lowest BCUT2D eigenvalue weighted by atomic mass is 10.2. The molecule has 0 aliphatic heterocycles. The first-order valence-electron chi connectivity index (χ1n) is 7.23. The van der Waals surface area contributed by atoms with Gasteiger partial charge >= 0.3 is 0 Å². The summed E-state index contributed by atoms with van der Waals surface area (Å²) in [5.74, 6) is 1.43. The highest BCUT2D eigenvalue weighted by molar-refractivity contribution is 7.91. The van der Waals surface area contributed by atoms with Gasteiger partial charge in [0.2, 0.25) is 0 Å². The second-order valence-corrected chi connectivity index (χ2v) is 7.07. The van der Waals surface area contributed by atoms with Gasteiger partial charge in [-0.15, -0.1) is 0 Å². The van der Waals surface area contributed by atoms with Crippen LogP contribution in [-0.2, 0) is 16.4 Å². The predicted molar refractivity (Wildman–Crippen MR) is 84.8 cm³/mol. The van der Waals surface area contributed by atoms with Crippen molar-refractivity contribution in [2.45, 2.75) is 26.8 Å². The highest BCUT2D eigenvalue weighted by Gasteiger charge is 2.11. The number of methoxy groups -OCH3 is 1. The van der Waals surface area contributed by atoms with Crippen LogP contribution in [-0.4, -0.2) is 40.2 Å². The summed E-state index contributed by atoms with van der Waals surface area (Å²) in [5.41, 5.74) is 1.07. The fourth-order valence-corrected chi connectivity index (χ4v) is 3.07. The average molecular weight is 315 g/mol. The molecule has 0 radical (unpaired) electrons. The standard InChI is InChI=1S/C15H25NO4S/c1-4-9-21(17,18)10-8-20-15-11-13(12-16-5-2)6-7-14(15)19-3/h6-7,11,16H,4-5,8-10,12H2,1-3H3. The van der Waals surface area contributed by atoms with Crippen molar-refractivity contribution >= 4 is 9.84 Å². The number of ether oxygens (including phenoxy) is 2. The van der Waals surface area contributed by atoms with E-state index in [0.29, 0.717) is 17.9 Å².